The second-order valence-electron chi connectivity index (χ2n) is 7.84. The third kappa shape index (κ3) is 6.07. The van der Waals surface area contributed by atoms with Gasteiger partial charge in [0, 0.05) is 31.8 Å². The van der Waals surface area contributed by atoms with Crippen LogP contribution in [0.25, 0.3) is 0 Å². The van der Waals surface area contributed by atoms with Crippen molar-refractivity contribution < 1.29 is 17.9 Å². The number of amides is 1. The minimum absolute atomic E-state index is 0.0350. The smallest absolute Gasteiger partial charge is 0.251 e. The molecule has 7 heteroatoms. The average molecular weight is 383 g/mol. The minimum atomic E-state index is -3.33. The zero-order chi connectivity index (χ0) is 19.4. The lowest BCUT2D eigenvalue weighted by Crippen LogP contribution is -2.41. The summed E-state index contributed by atoms with van der Waals surface area (Å²) in [6.07, 6.45) is 2.97. The van der Waals surface area contributed by atoms with Crippen molar-refractivity contribution in [2.75, 3.05) is 32.5 Å². The molecule has 6 nitrogen and oxygen atoms in total. The second-order valence-corrected chi connectivity index (χ2v) is 9.82. The molecule has 2 rings (SSSR count). The first-order valence-corrected chi connectivity index (χ1v) is 10.9. The van der Waals surface area contributed by atoms with Crippen LogP contribution in [0.2, 0.25) is 0 Å². The van der Waals surface area contributed by atoms with Crippen molar-refractivity contribution in [1.29, 1.82) is 0 Å². The third-order valence-corrected chi connectivity index (χ3v) is 5.83. The van der Waals surface area contributed by atoms with E-state index < -0.39 is 10.0 Å². The Hall–Kier alpha value is -1.44. The van der Waals surface area contributed by atoms with E-state index in [9.17, 15) is 13.2 Å². The monoisotopic (exact) mass is 382 g/mol. The molecule has 0 radical (unpaired) electrons. The predicted molar refractivity (Wildman–Crippen MR) is 103 cm³/mol. The van der Waals surface area contributed by atoms with Crippen LogP contribution in [0.5, 0.6) is 0 Å². The summed E-state index contributed by atoms with van der Waals surface area (Å²) in [6.45, 7) is 7.89. The van der Waals surface area contributed by atoms with Crippen LogP contribution in [0.15, 0.2) is 24.3 Å². The first-order valence-electron chi connectivity index (χ1n) is 9.03. The van der Waals surface area contributed by atoms with E-state index in [1.165, 1.54) is 10.6 Å². The highest BCUT2D eigenvalue weighted by Crippen LogP contribution is 2.22. The van der Waals surface area contributed by atoms with E-state index in [-0.39, 0.29) is 30.5 Å². The Morgan fingerprint density at radius 2 is 1.92 bits per heavy atom. The van der Waals surface area contributed by atoms with Crippen LogP contribution >= 0.6 is 0 Å². The molecule has 1 unspecified atom stereocenters. The molecular formula is C19H30N2O4S. The number of nitrogens with one attached hydrogen (secondary N) is 1. The maximum Gasteiger partial charge on any atom is 0.251 e. The van der Waals surface area contributed by atoms with Gasteiger partial charge in [0.15, 0.2) is 0 Å². The molecule has 0 bridgehead atoms. The highest BCUT2D eigenvalue weighted by atomic mass is 32.2. The SMILES string of the molecule is CC(C)(C)c1ccc(C(=O)NCCN(CC2CCCO2)S(C)(=O)=O)cc1. The summed E-state index contributed by atoms with van der Waals surface area (Å²) >= 11 is 0. The van der Waals surface area contributed by atoms with Crippen LogP contribution < -0.4 is 5.32 Å². The lowest BCUT2D eigenvalue weighted by atomic mass is 9.87. The van der Waals surface area contributed by atoms with Crippen LogP contribution in [-0.4, -0.2) is 57.2 Å². The first kappa shape index (κ1) is 20.9. The number of hydrogen-bond acceptors (Lipinski definition) is 4. The Morgan fingerprint density at radius 3 is 2.42 bits per heavy atom. The highest BCUT2D eigenvalue weighted by Gasteiger charge is 2.24. The quantitative estimate of drug-likeness (QED) is 0.784. The fraction of sp³-hybridized carbons (Fsp3) is 0.632. The molecule has 1 fully saturated rings. The van der Waals surface area contributed by atoms with Gasteiger partial charge in [-0.3, -0.25) is 4.79 Å². The van der Waals surface area contributed by atoms with Gasteiger partial charge in [-0.1, -0.05) is 32.9 Å². The summed E-state index contributed by atoms with van der Waals surface area (Å²) in [5, 5.41) is 2.80. The van der Waals surface area contributed by atoms with Crippen LogP contribution in [0.3, 0.4) is 0 Å². The van der Waals surface area contributed by atoms with Crippen molar-refractivity contribution in [3.05, 3.63) is 35.4 Å². The Balaban J connectivity index is 1.88. The molecule has 1 amide bonds. The zero-order valence-electron chi connectivity index (χ0n) is 16.1. The molecule has 0 aromatic heterocycles. The average Bonchev–Trinajstić information content (AvgIpc) is 3.05. The molecule has 1 N–H and O–H groups in total. The van der Waals surface area contributed by atoms with Crippen LogP contribution in [0, 0.1) is 0 Å². The molecule has 1 aromatic carbocycles. The van der Waals surface area contributed by atoms with Crippen molar-refractivity contribution in [2.24, 2.45) is 0 Å². The fourth-order valence-corrected chi connectivity index (χ4v) is 3.79. The molecule has 0 saturated carbocycles. The summed E-state index contributed by atoms with van der Waals surface area (Å²) in [4.78, 5) is 12.3. The Bertz CT molecular complexity index is 702. The van der Waals surface area contributed by atoms with Crippen LogP contribution in [0.1, 0.15) is 49.5 Å². The number of carbonyl (C=O) groups is 1. The number of benzene rings is 1. The Morgan fingerprint density at radius 1 is 1.27 bits per heavy atom. The van der Waals surface area contributed by atoms with Gasteiger partial charge in [0.05, 0.1) is 12.4 Å². The molecule has 1 atom stereocenters. The lowest BCUT2D eigenvalue weighted by Gasteiger charge is -2.23. The number of rotatable bonds is 7. The van der Waals surface area contributed by atoms with Crippen molar-refractivity contribution in [2.45, 2.75) is 45.1 Å². The minimum Gasteiger partial charge on any atom is -0.377 e. The Labute approximate surface area is 157 Å². The number of hydrogen-bond donors (Lipinski definition) is 1. The van der Waals surface area contributed by atoms with Gasteiger partial charge in [0.25, 0.3) is 5.91 Å². The zero-order valence-corrected chi connectivity index (χ0v) is 16.9. The normalized spacial score (nSPS) is 18.3. The van der Waals surface area contributed by atoms with Crippen molar-refractivity contribution >= 4 is 15.9 Å². The first-order chi connectivity index (χ1) is 12.1. The second kappa shape index (κ2) is 8.50. The molecule has 0 aliphatic carbocycles. The summed E-state index contributed by atoms with van der Waals surface area (Å²) in [6, 6.07) is 7.51. The summed E-state index contributed by atoms with van der Waals surface area (Å²) < 4.78 is 30.8. The fourth-order valence-electron chi connectivity index (χ4n) is 2.93. The van der Waals surface area contributed by atoms with Crippen molar-refractivity contribution in [3.8, 4) is 0 Å². The Kier molecular flexibility index (Phi) is 6.82. The maximum atomic E-state index is 12.3. The van der Waals surface area contributed by atoms with Gasteiger partial charge >= 0.3 is 0 Å². The van der Waals surface area contributed by atoms with Gasteiger partial charge in [-0.05, 0) is 36.0 Å². The maximum absolute atomic E-state index is 12.3. The van der Waals surface area contributed by atoms with Gasteiger partial charge in [-0.2, -0.15) is 4.31 Å². The van der Waals surface area contributed by atoms with Gasteiger partial charge < -0.3 is 10.1 Å². The number of carbonyl (C=O) groups excluding carboxylic acids is 1. The van der Waals surface area contributed by atoms with Gasteiger partial charge in [-0.25, -0.2) is 8.42 Å². The molecule has 26 heavy (non-hydrogen) atoms. The molecule has 146 valence electrons. The van der Waals surface area contributed by atoms with Crippen molar-refractivity contribution in [1.82, 2.24) is 9.62 Å². The van der Waals surface area contributed by atoms with E-state index in [0.717, 1.165) is 18.4 Å². The molecule has 0 spiro atoms. The lowest BCUT2D eigenvalue weighted by molar-refractivity contribution is 0.0911. The molecule has 1 heterocycles. The summed E-state index contributed by atoms with van der Waals surface area (Å²) in [7, 11) is -3.33. The number of ether oxygens (including phenoxy) is 1. The topological polar surface area (TPSA) is 75.7 Å². The highest BCUT2D eigenvalue weighted by molar-refractivity contribution is 7.88. The van der Waals surface area contributed by atoms with E-state index in [1.807, 2.05) is 12.1 Å². The van der Waals surface area contributed by atoms with Gasteiger partial charge in [0.1, 0.15) is 0 Å². The van der Waals surface area contributed by atoms with Crippen molar-refractivity contribution in [3.63, 3.8) is 0 Å². The molecular weight excluding hydrogens is 352 g/mol. The van der Waals surface area contributed by atoms with E-state index in [4.69, 9.17) is 4.74 Å². The van der Waals surface area contributed by atoms with E-state index in [0.29, 0.717) is 18.7 Å². The third-order valence-electron chi connectivity index (χ3n) is 4.56. The molecule has 1 aliphatic rings. The largest absolute Gasteiger partial charge is 0.377 e. The predicted octanol–water partition coefficient (Wildman–Crippen LogP) is 2.15. The summed E-state index contributed by atoms with van der Waals surface area (Å²) in [5.41, 5.74) is 1.77. The van der Waals surface area contributed by atoms with E-state index in [1.54, 1.807) is 12.1 Å². The molecule has 1 saturated heterocycles. The molecule has 1 aromatic rings. The van der Waals surface area contributed by atoms with Crippen LogP contribution in [0.4, 0.5) is 0 Å². The number of sulfonamides is 1. The van der Waals surface area contributed by atoms with Gasteiger partial charge in [-0.15, -0.1) is 0 Å². The van der Waals surface area contributed by atoms with Crippen LogP contribution in [-0.2, 0) is 20.2 Å². The van der Waals surface area contributed by atoms with E-state index >= 15 is 0 Å². The van der Waals surface area contributed by atoms with E-state index in [2.05, 4.69) is 26.1 Å². The molecule has 1 aliphatic heterocycles. The van der Waals surface area contributed by atoms with Gasteiger partial charge in [0.2, 0.25) is 10.0 Å². The number of nitrogens with zero attached hydrogens (tertiary/aromatic N) is 1. The summed E-state index contributed by atoms with van der Waals surface area (Å²) in [5.74, 6) is -0.198. The standard InChI is InChI=1S/C19H30N2O4S/c1-19(2,3)16-9-7-15(8-10-16)18(22)20-11-12-21(26(4,23)24)14-17-6-5-13-25-17/h7-10,17H,5-6,11-14H2,1-4H3,(H,20,22).